The van der Waals surface area contributed by atoms with Crippen LogP contribution in [0.4, 0.5) is 4.39 Å². The molecule has 1 aromatic carbocycles. The summed E-state index contributed by atoms with van der Waals surface area (Å²) >= 11 is 6.17. The molecule has 0 aliphatic heterocycles. The van der Waals surface area contributed by atoms with Crippen molar-refractivity contribution in [2.75, 3.05) is 6.54 Å². The van der Waals surface area contributed by atoms with Crippen LogP contribution < -0.4 is 5.32 Å². The fourth-order valence-electron chi connectivity index (χ4n) is 2.96. The summed E-state index contributed by atoms with van der Waals surface area (Å²) in [5.41, 5.74) is 1.14. The molecular formula is C18H27ClFN. The van der Waals surface area contributed by atoms with E-state index in [0.717, 1.165) is 24.9 Å². The van der Waals surface area contributed by atoms with E-state index in [4.69, 9.17) is 11.6 Å². The molecule has 2 rings (SSSR count). The molecule has 1 aliphatic carbocycles. The second-order valence-corrected chi connectivity index (χ2v) is 6.88. The van der Waals surface area contributed by atoms with Gasteiger partial charge in [-0.05, 0) is 49.1 Å². The maximum Gasteiger partial charge on any atom is 0.142 e. The molecule has 0 spiro atoms. The van der Waals surface area contributed by atoms with Gasteiger partial charge in [-0.15, -0.1) is 0 Å². The molecule has 1 N–H and O–H groups in total. The van der Waals surface area contributed by atoms with Crippen molar-refractivity contribution in [3.05, 3.63) is 34.6 Å². The van der Waals surface area contributed by atoms with E-state index in [-0.39, 0.29) is 11.2 Å². The molecule has 21 heavy (non-hydrogen) atoms. The van der Waals surface area contributed by atoms with Gasteiger partial charge in [0.2, 0.25) is 0 Å². The van der Waals surface area contributed by atoms with E-state index < -0.39 is 0 Å². The predicted molar refractivity (Wildman–Crippen MR) is 88.4 cm³/mol. The zero-order chi connectivity index (χ0) is 15.3. The highest BCUT2D eigenvalue weighted by atomic mass is 35.5. The lowest BCUT2D eigenvalue weighted by Crippen LogP contribution is -2.37. The van der Waals surface area contributed by atoms with E-state index in [1.807, 2.05) is 6.07 Å². The topological polar surface area (TPSA) is 12.0 Å². The van der Waals surface area contributed by atoms with Crippen LogP contribution >= 0.6 is 11.6 Å². The second kappa shape index (κ2) is 7.60. The fraction of sp³-hybridized carbons (Fsp3) is 0.667. The summed E-state index contributed by atoms with van der Waals surface area (Å²) in [6.07, 6.45) is 8.14. The van der Waals surface area contributed by atoms with E-state index >= 15 is 0 Å². The van der Waals surface area contributed by atoms with Crippen LogP contribution in [0.15, 0.2) is 18.2 Å². The van der Waals surface area contributed by atoms with Gasteiger partial charge in [-0.2, -0.15) is 0 Å². The monoisotopic (exact) mass is 311 g/mol. The standard InChI is InChI=1S/C18H27ClFN/c1-3-5-11-18(4-2,13-21-15-9-10-15)12-14-7-6-8-16(20)17(14)19/h6-8,15,21H,3-5,9-13H2,1-2H3. The minimum Gasteiger partial charge on any atom is -0.313 e. The number of halogens is 2. The van der Waals surface area contributed by atoms with Crippen LogP contribution in [0.2, 0.25) is 5.02 Å². The molecule has 1 atom stereocenters. The van der Waals surface area contributed by atoms with E-state index in [0.29, 0.717) is 11.1 Å². The summed E-state index contributed by atoms with van der Waals surface area (Å²) in [6, 6.07) is 5.89. The van der Waals surface area contributed by atoms with Gasteiger partial charge in [0.1, 0.15) is 5.82 Å². The fourth-order valence-corrected chi connectivity index (χ4v) is 3.15. The first-order valence-corrected chi connectivity index (χ1v) is 8.64. The Balaban J connectivity index is 2.13. The molecule has 0 amide bonds. The number of hydrogen-bond donors (Lipinski definition) is 1. The number of rotatable bonds is 9. The molecule has 1 nitrogen and oxygen atoms in total. The summed E-state index contributed by atoms with van der Waals surface area (Å²) in [5.74, 6) is -0.301. The molecule has 0 aromatic heterocycles. The molecule has 1 saturated carbocycles. The van der Waals surface area contributed by atoms with E-state index in [2.05, 4.69) is 19.2 Å². The van der Waals surface area contributed by atoms with Crippen LogP contribution in [0.1, 0.15) is 57.9 Å². The molecule has 0 radical (unpaired) electrons. The van der Waals surface area contributed by atoms with Crippen LogP contribution in [0.25, 0.3) is 0 Å². The van der Waals surface area contributed by atoms with Crippen molar-refractivity contribution < 1.29 is 4.39 Å². The summed E-state index contributed by atoms with van der Waals surface area (Å²) in [4.78, 5) is 0. The second-order valence-electron chi connectivity index (χ2n) is 6.50. The molecule has 1 unspecified atom stereocenters. The van der Waals surface area contributed by atoms with Crippen molar-refractivity contribution in [3.63, 3.8) is 0 Å². The Morgan fingerprint density at radius 3 is 2.71 bits per heavy atom. The third-order valence-corrected chi connectivity index (χ3v) is 5.17. The van der Waals surface area contributed by atoms with Crippen LogP contribution in [-0.4, -0.2) is 12.6 Å². The van der Waals surface area contributed by atoms with Crippen molar-refractivity contribution in [1.82, 2.24) is 5.32 Å². The van der Waals surface area contributed by atoms with Gasteiger partial charge in [-0.3, -0.25) is 0 Å². The first-order valence-electron chi connectivity index (χ1n) is 8.26. The third-order valence-electron chi connectivity index (χ3n) is 4.75. The van der Waals surface area contributed by atoms with Gasteiger partial charge >= 0.3 is 0 Å². The lowest BCUT2D eigenvalue weighted by atomic mass is 9.75. The zero-order valence-electron chi connectivity index (χ0n) is 13.2. The molecule has 1 aromatic rings. The molecule has 1 fully saturated rings. The van der Waals surface area contributed by atoms with Gasteiger partial charge in [-0.25, -0.2) is 4.39 Å². The molecular weight excluding hydrogens is 285 g/mol. The van der Waals surface area contributed by atoms with Crippen LogP contribution in [0.5, 0.6) is 0 Å². The Hall–Kier alpha value is -0.600. The predicted octanol–water partition coefficient (Wildman–Crippen LogP) is 5.36. The minimum absolute atomic E-state index is 0.191. The summed E-state index contributed by atoms with van der Waals surface area (Å²) < 4.78 is 13.7. The molecule has 1 aliphatic rings. The number of hydrogen-bond acceptors (Lipinski definition) is 1. The number of nitrogens with one attached hydrogen (secondary N) is 1. The summed E-state index contributed by atoms with van der Waals surface area (Å²) in [7, 11) is 0. The largest absolute Gasteiger partial charge is 0.313 e. The molecule has 3 heteroatoms. The Morgan fingerprint density at radius 1 is 1.33 bits per heavy atom. The van der Waals surface area contributed by atoms with Gasteiger partial charge in [0.05, 0.1) is 5.02 Å². The van der Waals surface area contributed by atoms with Crippen LogP contribution in [0, 0.1) is 11.2 Å². The average molecular weight is 312 g/mol. The van der Waals surface area contributed by atoms with E-state index in [9.17, 15) is 4.39 Å². The van der Waals surface area contributed by atoms with E-state index in [1.54, 1.807) is 6.07 Å². The normalized spacial score (nSPS) is 17.7. The third kappa shape index (κ3) is 4.69. The maximum atomic E-state index is 13.7. The number of unbranched alkanes of at least 4 members (excludes halogenated alkanes) is 1. The van der Waals surface area contributed by atoms with Crippen molar-refractivity contribution >= 4 is 11.6 Å². The summed E-state index contributed by atoms with van der Waals surface area (Å²) in [5, 5.41) is 3.98. The summed E-state index contributed by atoms with van der Waals surface area (Å²) in [6.45, 7) is 5.49. The van der Waals surface area contributed by atoms with Gasteiger partial charge in [-0.1, -0.05) is 50.4 Å². The first kappa shape index (κ1) is 16.8. The minimum atomic E-state index is -0.301. The highest BCUT2D eigenvalue weighted by molar-refractivity contribution is 6.31. The molecule has 118 valence electrons. The maximum absolute atomic E-state index is 13.7. The van der Waals surface area contributed by atoms with Gasteiger partial charge in [0, 0.05) is 12.6 Å². The Labute approximate surface area is 133 Å². The van der Waals surface area contributed by atoms with Crippen molar-refractivity contribution in [2.24, 2.45) is 5.41 Å². The smallest absolute Gasteiger partial charge is 0.142 e. The van der Waals surface area contributed by atoms with Crippen molar-refractivity contribution in [3.8, 4) is 0 Å². The van der Waals surface area contributed by atoms with Gasteiger partial charge < -0.3 is 5.32 Å². The first-order chi connectivity index (χ1) is 10.1. The van der Waals surface area contributed by atoms with Crippen molar-refractivity contribution in [1.29, 1.82) is 0 Å². The lowest BCUT2D eigenvalue weighted by molar-refractivity contribution is 0.228. The highest BCUT2D eigenvalue weighted by Gasteiger charge is 2.31. The highest BCUT2D eigenvalue weighted by Crippen LogP contribution is 2.36. The van der Waals surface area contributed by atoms with Gasteiger partial charge in [0.15, 0.2) is 0 Å². The molecule has 0 saturated heterocycles. The number of benzene rings is 1. The Bertz CT molecular complexity index is 459. The van der Waals surface area contributed by atoms with E-state index in [1.165, 1.54) is 38.2 Å². The van der Waals surface area contributed by atoms with Gasteiger partial charge in [0.25, 0.3) is 0 Å². The SMILES string of the molecule is CCCCC(CC)(CNC1CC1)Cc1cccc(F)c1Cl. The Kier molecular flexibility index (Phi) is 6.07. The molecule has 0 heterocycles. The van der Waals surface area contributed by atoms with Crippen LogP contribution in [-0.2, 0) is 6.42 Å². The van der Waals surface area contributed by atoms with Crippen molar-refractivity contribution in [2.45, 2.75) is 64.8 Å². The lowest BCUT2D eigenvalue weighted by Gasteiger charge is -2.34. The average Bonchev–Trinajstić information content (AvgIpc) is 3.31. The molecule has 0 bridgehead atoms. The quantitative estimate of drug-likeness (QED) is 0.647. The van der Waals surface area contributed by atoms with Crippen LogP contribution in [0.3, 0.4) is 0 Å². The zero-order valence-corrected chi connectivity index (χ0v) is 14.0. The Morgan fingerprint density at radius 2 is 2.10 bits per heavy atom.